The van der Waals surface area contributed by atoms with Crippen LogP contribution in [0.25, 0.3) is 0 Å². The predicted molar refractivity (Wildman–Crippen MR) is 70.4 cm³/mol. The van der Waals surface area contributed by atoms with Crippen molar-refractivity contribution >= 4 is 15.9 Å². The summed E-state index contributed by atoms with van der Waals surface area (Å²) in [6, 6.07) is 0.692. The van der Waals surface area contributed by atoms with Gasteiger partial charge in [-0.2, -0.15) is 0 Å². The lowest BCUT2D eigenvalue weighted by Crippen LogP contribution is -2.44. The van der Waals surface area contributed by atoms with E-state index in [0.717, 1.165) is 11.0 Å². The molecule has 1 fully saturated rings. The van der Waals surface area contributed by atoms with E-state index in [-0.39, 0.29) is 0 Å². The van der Waals surface area contributed by atoms with E-state index in [9.17, 15) is 0 Å². The molecule has 0 saturated carbocycles. The summed E-state index contributed by atoms with van der Waals surface area (Å²) in [5.41, 5.74) is 0. The molecule has 1 saturated heterocycles. The highest BCUT2D eigenvalue weighted by Gasteiger charge is 2.16. The first-order valence-electron chi connectivity index (χ1n) is 6.01. The summed E-state index contributed by atoms with van der Waals surface area (Å²) >= 11 is 3.45. The third-order valence-electron chi connectivity index (χ3n) is 2.83. The third kappa shape index (κ3) is 5.69. The van der Waals surface area contributed by atoms with E-state index < -0.39 is 0 Å². The van der Waals surface area contributed by atoms with Gasteiger partial charge in [0, 0.05) is 23.6 Å². The van der Waals surface area contributed by atoms with E-state index in [1.54, 1.807) is 0 Å². The monoisotopic (exact) mass is 274 g/mol. The lowest BCUT2D eigenvalue weighted by atomic mass is 10.0. The molecule has 0 aromatic rings. The van der Waals surface area contributed by atoms with Crippen LogP contribution in [0.1, 0.15) is 32.6 Å². The maximum Gasteiger partial charge on any atom is 0.0294 e. The normalized spacial score (nSPS) is 21.9. The molecule has 0 bridgehead atoms. The number of nitrogens with one attached hydrogen (secondary N) is 1. The van der Waals surface area contributed by atoms with Crippen LogP contribution in [0.4, 0.5) is 0 Å². The highest BCUT2D eigenvalue weighted by Crippen LogP contribution is 2.11. The fraction of sp³-hybridized carbons (Fsp3) is 0.833. The molecule has 0 aliphatic carbocycles. The van der Waals surface area contributed by atoms with Gasteiger partial charge in [0.25, 0.3) is 0 Å². The molecule has 1 heterocycles. The number of nitrogens with zero attached hydrogens (tertiary/aromatic N) is 1. The Labute approximate surface area is 102 Å². The Hall–Kier alpha value is 0.140. The lowest BCUT2D eigenvalue weighted by molar-refractivity contribution is 0.242. The summed E-state index contributed by atoms with van der Waals surface area (Å²) in [6.45, 7) is 10.7. The van der Waals surface area contributed by atoms with E-state index in [1.165, 1.54) is 45.3 Å². The maximum absolute atomic E-state index is 3.92. The molecule has 0 radical (unpaired) electrons. The lowest BCUT2D eigenvalue weighted by Gasteiger charge is -2.30. The van der Waals surface area contributed by atoms with Gasteiger partial charge in [-0.1, -0.05) is 35.9 Å². The Morgan fingerprint density at radius 2 is 2.33 bits per heavy atom. The SMILES string of the molecule is C=C(Br)CN(CCC)CC1CCCCN1. The number of rotatable bonds is 6. The largest absolute Gasteiger partial charge is 0.313 e. The molecule has 15 heavy (non-hydrogen) atoms. The number of piperidine rings is 1. The van der Waals surface area contributed by atoms with Gasteiger partial charge in [0.15, 0.2) is 0 Å². The van der Waals surface area contributed by atoms with E-state index in [1.807, 2.05) is 0 Å². The standard InChI is InChI=1S/C12H23BrN2/c1-3-8-15(9-11(2)13)10-12-6-4-5-7-14-12/h12,14H,2-10H2,1H3. The molecule has 1 atom stereocenters. The van der Waals surface area contributed by atoms with E-state index in [4.69, 9.17) is 0 Å². The Morgan fingerprint density at radius 3 is 2.87 bits per heavy atom. The molecule has 1 rings (SSSR count). The summed E-state index contributed by atoms with van der Waals surface area (Å²) in [5.74, 6) is 0. The molecule has 1 N–H and O–H groups in total. The van der Waals surface area contributed by atoms with Crippen LogP contribution in [-0.4, -0.2) is 37.1 Å². The van der Waals surface area contributed by atoms with E-state index in [0.29, 0.717) is 6.04 Å². The fourth-order valence-electron chi connectivity index (χ4n) is 2.19. The second-order valence-corrected chi connectivity index (χ2v) is 5.52. The zero-order valence-electron chi connectivity index (χ0n) is 9.77. The molecule has 2 nitrogen and oxygen atoms in total. The molecule has 0 amide bonds. The highest BCUT2D eigenvalue weighted by molar-refractivity contribution is 9.11. The highest BCUT2D eigenvalue weighted by atomic mass is 79.9. The fourth-order valence-corrected chi connectivity index (χ4v) is 2.54. The van der Waals surface area contributed by atoms with Crippen molar-refractivity contribution in [1.29, 1.82) is 0 Å². The average Bonchev–Trinajstić information content (AvgIpc) is 2.18. The van der Waals surface area contributed by atoms with Crippen molar-refractivity contribution in [3.05, 3.63) is 11.1 Å². The molecule has 0 aromatic carbocycles. The Kier molecular flexibility index (Phi) is 6.53. The minimum atomic E-state index is 0.692. The quantitative estimate of drug-likeness (QED) is 0.802. The predicted octanol–water partition coefficient (Wildman–Crippen LogP) is 2.75. The van der Waals surface area contributed by atoms with Gasteiger partial charge in [-0.15, -0.1) is 0 Å². The summed E-state index contributed by atoms with van der Waals surface area (Å²) in [6.07, 6.45) is 5.27. The topological polar surface area (TPSA) is 15.3 Å². The van der Waals surface area contributed by atoms with Crippen molar-refractivity contribution in [2.75, 3.05) is 26.2 Å². The van der Waals surface area contributed by atoms with Crippen LogP contribution in [0.15, 0.2) is 11.1 Å². The van der Waals surface area contributed by atoms with Crippen molar-refractivity contribution in [2.24, 2.45) is 0 Å². The first-order valence-corrected chi connectivity index (χ1v) is 6.80. The first-order chi connectivity index (χ1) is 7.22. The number of hydrogen-bond acceptors (Lipinski definition) is 2. The van der Waals surface area contributed by atoms with E-state index in [2.05, 4.69) is 39.6 Å². The van der Waals surface area contributed by atoms with Crippen LogP contribution >= 0.6 is 15.9 Å². The van der Waals surface area contributed by atoms with Gasteiger partial charge < -0.3 is 5.32 Å². The molecule has 0 spiro atoms. The first kappa shape index (κ1) is 13.2. The molecule has 1 aliphatic rings. The van der Waals surface area contributed by atoms with Crippen LogP contribution in [0.3, 0.4) is 0 Å². The minimum absolute atomic E-state index is 0.692. The van der Waals surface area contributed by atoms with Crippen molar-refractivity contribution in [3.8, 4) is 0 Å². The van der Waals surface area contributed by atoms with Gasteiger partial charge >= 0.3 is 0 Å². The summed E-state index contributed by atoms with van der Waals surface area (Å²) < 4.78 is 1.09. The molecule has 1 aliphatic heterocycles. The van der Waals surface area contributed by atoms with Crippen LogP contribution in [0.5, 0.6) is 0 Å². The van der Waals surface area contributed by atoms with Crippen molar-refractivity contribution in [1.82, 2.24) is 10.2 Å². The van der Waals surface area contributed by atoms with Gasteiger partial charge in [0.05, 0.1) is 0 Å². The smallest absolute Gasteiger partial charge is 0.0294 e. The van der Waals surface area contributed by atoms with Crippen molar-refractivity contribution in [3.63, 3.8) is 0 Å². The maximum atomic E-state index is 3.92. The average molecular weight is 275 g/mol. The van der Waals surface area contributed by atoms with Crippen molar-refractivity contribution < 1.29 is 0 Å². The van der Waals surface area contributed by atoms with E-state index >= 15 is 0 Å². The Balaban J connectivity index is 2.31. The second kappa shape index (κ2) is 7.42. The molecular formula is C12H23BrN2. The summed E-state index contributed by atoms with van der Waals surface area (Å²) in [7, 11) is 0. The van der Waals surface area contributed by atoms with Crippen LogP contribution < -0.4 is 5.32 Å². The van der Waals surface area contributed by atoms with Crippen LogP contribution in [-0.2, 0) is 0 Å². The third-order valence-corrected chi connectivity index (χ3v) is 3.08. The van der Waals surface area contributed by atoms with Gasteiger partial charge in [0.2, 0.25) is 0 Å². The van der Waals surface area contributed by atoms with Gasteiger partial charge in [-0.25, -0.2) is 0 Å². The summed E-state index contributed by atoms with van der Waals surface area (Å²) in [4.78, 5) is 2.49. The second-order valence-electron chi connectivity index (χ2n) is 4.40. The number of halogens is 1. The van der Waals surface area contributed by atoms with Crippen LogP contribution in [0, 0.1) is 0 Å². The zero-order valence-corrected chi connectivity index (χ0v) is 11.4. The Bertz CT molecular complexity index is 188. The van der Waals surface area contributed by atoms with Gasteiger partial charge in [-0.3, -0.25) is 4.90 Å². The zero-order chi connectivity index (χ0) is 11.1. The van der Waals surface area contributed by atoms with Crippen molar-refractivity contribution in [2.45, 2.75) is 38.6 Å². The molecule has 0 aromatic heterocycles. The van der Waals surface area contributed by atoms with Gasteiger partial charge in [-0.05, 0) is 32.4 Å². The molecular weight excluding hydrogens is 252 g/mol. The summed E-state index contributed by atoms with van der Waals surface area (Å²) in [5, 5.41) is 3.59. The number of hydrogen-bond donors (Lipinski definition) is 1. The minimum Gasteiger partial charge on any atom is -0.313 e. The Morgan fingerprint density at radius 1 is 1.53 bits per heavy atom. The molecule has 1 unspecified atom stereocenters. The molecule has 88 valence electrons. The molecule has 3 heteroatoms. The van der Waals surface area contributed by atoms with Crippen LogP contribution in [0.2, 0.25) is 0 Å². The van der Waals surface area contributed by atoms with Gasteiger partial charge in [0.1, 0.15) is 0 Å².